The van der Waals surface area contributed by atoms with Gasteiger partial charge in [0.2, 0.25) is 5.91 Å². The summed E-state index contributed by atoms with van der Waals surface area (Å²) in [6.07, 6.45) is 0.681. The van der Waals surface area contributed by atoms with Gasteiger partial charge in [0.1, 0.15) is 11.6 Å². The van der Waals surface area contributed by atoms with Crippen LogP contribution in [0.25, 0.3) is 0 Å². The van der Waals surface area contributed by atoms with Crippen molar-refractivity contribution in [3.8, 4) is 6.07 Å². The smallest absolute Gasteiger partial charge is 0.289 e. The summed E-state index contributed by atoms with van der Waals surface area (Å²) in [5.74, 6) is -0.0341. The van der Waals surface area contributed by atoms with Gasteiger partial charge in [-0.05, 0) is 25.5 Å². The molecule has 1 unspecified atom stereocenters. The predicted octanol–water partition coefficient (Wildman–Crippen LogP) is 1.43. The standard InChI is InChI=1S/C14H16N4O3/c1-14(13(19)16-2)5-6-17(9-14)11-4-3-10(8-15)12(7-11)18(20)21/h3-4,7H,5-6,9H2,1-2H3,(H,16,19). The fourth-order valence-corrected chi connectivity index (χ4v) is 2.63. The number of nitro benzene ring substituents is 1. The predicted molar refractivity (Wildman–Crippen MR) is 76.8 cm³/mol. The summed E-state index contributed by atoms with van der Waals surface area (Å²) in [6.45, 7) is 3.02. The Hall–Kier alpha value is -2.62. The molecule has 7 heteroatoms. The van der Waals surface area contributed by atoms with Crippen molar-refractivity contribution in [3.63, 3.8) is 0 Å². The Labute approximate surface area is 122 Å². The summed E-state index contributed by atoms with van der Waals surface area (Å²) in [6, 6.07) is 6.34. The Balaban J connectivity index is 2.29. The SMILES string of the molecule is CNC(=O)C1(C)CCN(c2ccc(C#N)c([N+](=O)[O-])c2)C1. The zero-order chi connectivity index (χ0) is 15.6. The Morgan fingerprint density at radius 1 is 1.57 bits per heavy atom. The van der Waals surface area contributed by atoms with Crippen LogP contribution in [0.15, 0.2) is 18.2 Å². The molecule has 21 heavy (non-hydrogen) atoms. The fourth-order valence-electron chi connectivity index (χ4n) is 2.63. The molecule has 1 atom stereocenters. The molecule has 0 aliphatic carbocycles. The van der Waals surface area contributed by atoms with Crippen LogP contribution in [-0.2, 0) is 4.79 Å². The first-order chi connectivity index (χ1) is 9.91. The van der Waals surface area contributed by atoms with Gasteiger partial charge in [-0.15, -0.1) is 0 Å². The number of benzene rings is 1. The molecule has 110 valence electrons. The third-order valence-corrected chi connectivity index (χ3v) is 3.91. The zero-order valence-electron chi connectivity index (χ0n) is 11.9. The Morgan fingerprint density at radius 2 is 2.29 bits per heavy atom. The van der Waals surface area contributed by atoms with E-state index in [0.717, 1.165) is 0 Å². The summed E-state index contributed by atoms with van der Waals surface area (Å²) < 4.78 is 0. The first-order valence-corrected chi connectivity index (χ1v) is 6.57. The van der Waals surface area contributed by atoms with Gasteiger partial charge < -0.3 is 10.2 Å². The van der Waals surface area contributed by atoms with E-state index in [4.69, 9.17) is 5.26 Å². The van der Waals surface area contributed by atoms with E-state index < -0.39 is 10.3 Å². The van der Waals surface area contributed by atoms with Gasteiger partial charge in [0.15, 0.2) is 0 Å². The molecule has 1 amide bonds. The maximum absolute atomic E-state index is 11.9. The second-order valence-corrected chi connectivity index (χ2v) is 5.38. The highest BCUT2D eigenvalue weighted by Gasteiger charge is 2.40. The van der Waals surface area contributed by atoms with Crippen LogP contribution in [0.1, 0.15) is 18.9 Å². The maximum atomic E-state index is 11.9. The van der Waals surface area contributed by atoms with Gasteiger partial charge in [-0.2, -0.15) is 5.26 Å². The van der Waals surface area contributed by atoms with Crippen molar-refractivity contribution in [1.82, 2.24) is 5.32 Å². The van der Waals surface area contributed by atoms with Crippen molar-refractivity contribution >= 4 is 17.3 Å². The van der Waals surface area contributed by atoms with E-state index in [1.54, 1.807) is 13.1 Å². The number of nitrogens with one attached hydrogen (secondary N) is 1. The normalized spacial score (nSPS) is 20.9. The highest BCUT2D eigenvalue weighted by Crippen LogP contribution is 2.35. The molecular weight excluding hydrogens is 272 g/mol. The van der Waals surface area contributed by atoms with Gasteiger partial charge in [-0.3, -0.25) is 14.9 Å². The number of rotatable bonds is 3. The van der Waals surface area contributed by atoms with Crippen LogP contribution in [0.5, 0.6) is 0 Å². The van der Waals surface area contributed by atoms with Gasteiger partial charge in [0.05, 0.1) is 10.3 Å². The summed E-state index contributed by atoms with van der Waals surface area (Å²) >= 11 is 0. The van der Waals surface area contributed by atoms with Crippen LogP contribution in [0.4, 0.5) is 11.4 Å². The average molecular weight is 288 g/mol. The Kier molecular flexibility index (Phi) is 3.80. The van der Waals surface area contributed by atoms with Crippen molar-refractivity contribution in [2.24, 2.45) is 5.41 Å². The monoisotopic (exact) mass is 288 g/mol. The second kappa shape index (κ2) is 5.40. The van der Waals surface area contributed by atoms with Crippen LogP contribution < -0.4 is 10.2 Å². The number of hydrogen-bond donors (Lipinski definition) is 1. The maximum Gasteiger partial charge on any atom is 0.289 e. The lowest BCUT2D eigenvalue weighted by atomic mass is 9.89. The van der Waals surface area contributed by atoms with E-state index >= 15 is 0 Å². The molecule has 7 nitrogen and oxygen atoms in total. The molecule has 0 radical (unpaired) electrons. The topological polar surface area (TPSA) is 99.3 Å². The van der Waals surface area contributed by atoms with Crippen molar-refractivity contribution in [2.45, 2.75) is 13.3 Å². The van der Waals surface area contributed by atoms with E-state index in [2.05, 4.69) is 5.32 Å². The molecule has 1 aliphatic rings. The van der Waals surface area contributed by atoms with E-state index in [1.165, 1.54) is 12.1 Å². The second-order valence-electron chi connectivity index (χ2n) is 5.38. The van der Waals surface area contributed by atoms with E-state index in [1.807, 2.05) is 17.9 Å². The first kappa shape index (κ1) is 14.8. The van der Waals surface area contributed by atoms with Crippen molar-refractivity contribution < 1.29 is 9.72 Å². The molecule has 0 saturated carbocycles. The highest BCUT2D eigenvalue weighted by atomic mass is 16.6. The van der Waals surface area contributed by atoms with Crippen LogP contribution in [0.3, 0.4) is 0 Å². The molecule has 1 aliphatic heterocycles. The largest absolute Gasteiger partial charge is 0.370 e. The number of nitro groups is 1. The number of hydrogen-bond acceptors (Lipinski definition) is 5. The van der Waals surface area contributed by atoms with Gasteiger partial charge in [0.25, 0.3) is 5.69 Å². The van der Waals surface area contributed by atoms with Crippen molar-refractivity contribution in [1.29, 1.82) is 5.26 Å². The van der Waals surface area contributed by atoms with Gasteiger partial charge in [-0.1, -0.05) is 0 Å². The number of nitriles is 1. The Bertz CT molecular complexity index is 638. The van der Waals surface area contributed by atoms with Gasteiger partial charge in [0, 0.05) is 31.9 Å². The van der Waals surface area contributed by atoms with Crippen LogP contribution >= 0.6 is 0 Å². The summed E-state index contributed by atoms with van der Waals surface area (Å²) in [5, 5.41) is 22.5. The number of amides is 1. The summed E-state index contributed by atoms with van der Waals surface area (Å²) in [5.41, 5.74) is -0.00821. The first-order valence-electron chi connectivity index (χ1n) is 6.57. The molecule has 1 aromatic carbocycles. The molecule has 0 spiro atoms. The lowest BCUT2D eigenvalue weighted by Crippen LogP contribution is -2.39. The fraction of sp³-hybridized carbons (Fsp3) is 0.429. The number of nitrogens with zero attached hydrogens (tertiary/aromatic N) is 3. The molecule has 1 aromatic rings. The molecule has 0 bridgehead atoms. The lowest BCUT2D eigenvalue weighted by Gasteiger charge is -2.23. The minimum Gasteiger partial charge on any atom is -0.370 e. The van der Waals surface area contributed by atoms with Crippen molar-refractivity contribution in [2.75, 3.05) is 25.0 Å². The minimum atomic E-state index is -0.559. The van der Waals surface area contributed by atoms with Crippen molar-refractivity contribution in [3.05, 3.63) is 33.9 Å². The summed E-state index contributed by atoms with van der Waals surface area (Å²) in [4.78, 5) is 24.3. The quantitative estimate of drug-likeness (QED) is 0.670. The number of carbonyl (C=O) groups excluding carboxylic acids is 1. The average Bonchev–Trinajstić information content (AvgIpc) is 2.89. The number of carbonyl (C=O) groups is 1. The minimum absolute atomic E-state index is 0.0341. The molecule has 2 rings (SSSR count). The summed E-state index contributed by atoms with van der Waals surface area (Å²) in [7, 11) is 1.60. The van der Waals surface area contributed by atoms with Crippen LogP contribution in [-0.4, -0.2) is 31.0 Å². The highest BCUT2D eigenvalue weighted by molar-refractivity contribution is 5.83. The van der Waals surface area contributed by atoms with E-state index in [-0.39, 0.29) is 17.2 Å². The molecule has 0 aromatic heterocycles. The third-order valence-electron chi connectivity index (χ3n) is 3.91. The Morgan fingerprint density at radius 3 is 2.86 bits per heavy atom. The third kappa shape index (κ3) is 2.65. The van der Waals surface area contributed by atoms with Gasteiger partial charge >= 0.3 is 0 Å². The lowest BCUT2D eigenvalue weighted by molar-refractivity contribution is -0.385. The van der Waals surface area contributed by atoms with Gasteiger partial charge in [-0.25, -0.2) is 0 Å². The molecule has 1 saturated heterocycles. The van der Waals surface area contributed by atoms with Crippen LogP contribution in [0.2, 0.25) is 0 Å². The molecule has 1 N–H and O–H groups in total. The van der Waals surface area contributed by atoms with E-state index in [0.29, 0.717) is 25.2 Å². The molecule has 1 fully saturated rings. The zero-order valence-corrected chi connectivity index (χ0v) is 11.9. The molecule has 1 heterocycles. The van der Waals surface area contributed by atoms with E-state index in [9.17, 15) is 14.9 Å². The molecular formula is C14H16N4O3. The number of anilines is 1. The van der Waals surface area contributed by atoms with Crippen LogP contribution in [0, 0.1) is 26.9 Å².